The van der Waals surface area contributed by atoms with Gasteiger partial charge in [0.15, 0.2) is 0 Å². The minimum atomic E-state index is -4.98. The smallest absolute Gasteiger partial charge is 0.294 e. The molecule has 0 aliphatic carbocycles. The van der Waals surface area contributed by atoms with E-state index in [0.717, 1.165) is 0 Å². The van der Waals surface area contributed by atoms with Crippen LogP contribution in [-0.4, -0.2) is 49.4 Å². The fourth-order valence-corrected chi connectivity index (χ4v) is 2.29. The molecular weight excluding hydrogens is 240 g/mol. The molecule has 0 atom stereocenters. The summed E-state index contributed by atoms with van der Waals surface area (Å²) in [6.07, 6.45) is 0. The van der Waals surface area contributed by atoms with E-state index in [2.05, 4.69) is 0 Å². The summed E-state index contributed by atoms with van der Waals surface area (Å²) in [5.41, 5.74) is 0. The zero-order valence-electron chi connectivity index (χ0n) is 6.65. The van der Waals surface area contributed by atoms with Gasteiger partial charge in [-0.05, 0) is 0 Å². The van der Waals surface area contributed by atoms with E-state index < -0.39 is 43.3 Å². The number of aliphatic hydroxyl groups excluding tert-OH is 2. The molecule has 0 spiro atoms. The SMILES string of the molecule is O=S(=O)(O)/C(CO)=C(\CO)S(=O)(=O)O. The Morgan fingerprint density at radius 3 is 1.07 bits per heavy atom. The van der Waals surface area contributed by atoms with Crippen LogP contribution in [0.3, 0.4) is 0 Å². The zero-order chi connectivity index (χ0) is 11.6. The minimum absolute atomic E-state index is 1.35. The average molecular weight is 248 g/mol. The first-order valence-corrected chi connectivity index (χ1v) is 5.91. The molecule has 0 aromatic carbocycles. The molecular formula is C4H8O8S2. The van der Waals surface area contributed by atoms with Gasteiger partial charge in [-0.25, -0.2) is 0 Å². The lowest BCUT2D eigenvalue weighted by Crippen LogP contribution is -2.17. The lowest BCUT2D eigenvalue weighted by atomic mass is 10.5. The number of rotatable bonds is 4. The fraction of sp³-hybridized carbons (Fsp3) is 0.500. The third-order valence-electron chi connectivity index (χ3n) is 1.22. The van der Waals surface area contributed by atoms with Gasteiger partial charge in [0.05, 0.1) is 13.2 Å². The summed E-state index contributed by atoms with van der Waals surface area (Å²) in [5, 5.41) is 16.9. The van der Waals surface area contributed by atoms with Crippen LogP contribution < -0.4 is 0 Å². The van der Waals surface area contributed by atoms with E-state index in [1.54, 1.807) is 0 Å². The summed E-state index contributed by atoms with van der Waals surface area (Å²) in [6.45, 7) is -2.71. The number of aliphatic hydroxyl groups is 2. The Morgan fingerprint density at radius 1 is 0.786 bits per heavy atom. The van der Waals surface area contributed by atoms with Crippen molar-refractivity contribution >= 4 is 20.2 Å². The van der Waals surface area contributed by atoms with E-state index in [1.807, 2.05) is 0 Å². The molecule has 84 valence electrons. The van der Waals surface area contributed by atoms with Crippen LogP contribution in [0.15, 0.2) is 9.81 Å². The first-order chi connectivity index (χ1) is 6.14. The molecule has 8 nitrogen and oxygen atoms in total. The van der Waals surface area contributed by atoms with Crippen molar-refractivity contribution in [2.24, 2.45) is 0 Å². The molecule has 0 aromatic heterocycles. The van der Waals surface area contributed by atoms with Gasteiger partial charge in [-0.3, -0.25) is 9.11 Å². The third kappa shape index (κ3) is 3.32. The highest BCUT2D eigenvalue weighted by Crippen LogP contribution is 2.14. The lowest BCUT2D eigenvalue weighted by Gasteiger charge is -2.05. The quantitative estimate of drug-likeness (QED) is 0.415. The Bertz CT molecular complexity index is 384. The van der Waals surface area contributed by atoms with Gasteiger partial charge in [0.2, 0.25) is 0 Å². The molecule has 0 saturated carbocycles. The minimum Gasteiger partial charge on any atom is -0.391 e. The summed E-state index contributed by atoms with van der Waals surface area (Å²) in [5.74, 6) is 0. The van der Waals surface area contributed by atoms with Gasteiger partial charge in [0.25, 0.3) is 20.2 Å². The van der Waals surface area contributed by atoms with Crippen molar-refractivity contribution in [3.63, 3.8) is 0 Å². The van der Waals surface area contributed by atoms with Crippen molar-refractivity contribution in [3.05, 3.63) is 9.81 Å². The van der Waals surface area contributed by atoms with Gasteiger partial charge in [0, 0.05) is 0 Å². The van der Waals surface area contributed by atoms with E-state index in [9.17, 15) is 16.8 Å². The predicted molar refractivity (Wildman–Crippen MR) is 44.3 cm³/mol. The van der Waals surface area contributed by atoms with E-state index in [-0.39, 0.29) is 0 Å². The van der Waals surface area contributed by atoms with Crippen molar-refractivity contribution < 1.29 is 36.2 Å². The van der Waals surface area contributed by atoms with Gasteiger partial charge in [-0.1, -0.05) is 0 Å². The second kappa shape index (κ2) is 4.33. The molecule has 0 aromatic rings. The van der Waals surface area contributed by atoms with Crippen molar-refractivity contribution in [2.45, 2.75) is 0 Å². The third-order valence-corrected chi connectivity index (χ3v) is 3.35. The Kier molecular flexibility index (Phi) is 4.17. The molecule has 14 heavy (non-hydrogen) atoms. The summed E-state index contributed by atoms with van der Waals surface area (Å²) < 4.78 is 58.7. The standard InChI is InChI=1S/C4H8O8S2/c5-1-3(13(7,8)9)4(2-6)14(10,11)12/h5-6H,1-2H2,(H,7,8,9)(H,10,11,12)/b4-3+. The van der Waals surface area contributed by atoms with Crippen LogP contribution in [0.1, 0.15) is 0 Å². The van der Waals surface area contributed by atoms with Crippen LogP contribution in [0.4, 0.5) is 0 Å². The van der Waals surface area contributed by atoms with Gasteiger partial charge in [-0.2, -0.15) is 16.8 Å². The Morgan fingerprint density at radius 2 is 1.00 bits per heavy atom. The van der Waals surface area contributed by atoms with E-state index >= 15 is 0 Å². The fourth-order valence-electron chi connectivity index (χ4n) is 0.627. The van der Waals surface area contributed by atoms with Crippen LogP contribution in [0, 0.1) is 0 Å². The van der Waals surface area contributed by atoms with Crippen LogP contribution in [0.5, 0.6) is 0 Å². The van der Waals surface area contributed by atoms with Crippen LogP contribution in [0.25, 0.3) is 0 Å². The maximum absolute atomic E-state index is 10.5. The average Bonchev–Trinajstić information content (AvgIpc) is 1.94. The Hall–Kier alpha value is -0.520. The topological polar surface area (TPSA) is 149 Å². The molecule has 0 aliphatic heterocycles. The van der Waals surface area contributed by atoms with Crippen molar-refractivity contribution in [1.29, 1.82) is 0 Å². The molecule has 0 aliphatic rings. The second-order valence-corrected chi connectivity index (χ2v) is 5.00. The molecule has 0 bridgehead atoms. The van der Waals surface area contributed by atoms with E-state index in [1.165, 1.54) is 0 Å². The molecule has 0 saturated heterocycles. The molecule has 0 unspecified atom stereocenters. The summed E-state index contributed by atoms with van der Waals surface area (Å²) in [7, 11) is -9.96. The van der Waals surface area contributed by atoms with Crippen LogP contribution in [-0.2, 0) is 20.2 Å². The Balaban J connectivity index is 5.88. The monoisotopic (exact) mass is 248 g/mol. The maximum atomic E-state index is 10.5. The Labute approximate surface area is 80.0 Å². The maximum Gasteiger partial charge on any atom is 0.294 e. The van der Waals surface area contributed by atoms with Crippen LogP contribution in [0.2, 0.25) is 0 Å². The molecule has 0 rings (SSSR count). The predicted octanol–water partition coefficient (Wildman–Crippen LogP) is -2.04. The number of hydrogen-bond acceptors (Lipinski definition) is 6. The van der Waals surface area contributed by atoms with Crippen molar-refractivity contribution in [2.75, 3.05) is 13.2 Å². The molecule has 0 radical (unpaired) electrons. The molecule has 0 heterocycles. The van der Waals surface area contributed by atoms with Gasteiger partial charge >= 0.3 is 0 Å². The summed E-state index contributed by atoms with van der Waals surface area (Å²) >= 11 is 0. The lowest BCUT2D eigenvalue weighted by molar-refractivity contribution is 0.316. The van der Waals surface area contributed by atoms with Gasteiger partial charge in [-0.15, -0.1) is 0 Å². The normalized spacial score (nSPS) is 15.1. The number of hydrogen-bond donors (Lipinski definition) is 4. The molecule has 0 fully saturated rings. The van der Waals surface area contributed by atoms with Crippen molar-refractivity contribution in [3.8, 4) is 0 Å². The highest BCUT2D eigenvalue weighted by Gasteiger charge is 2.26. The van der Waals surface area contributed by atoms with Crippen LogP contribution >= 0.6 is 0 Å². The first-order valence-electron chi connectivity index (χ1n) is 3.03. The second-order valence-electron chi connectivity index (χ2n) is 2.11. The van der Waals surface area contributed by atoms with E-state index in [0.29, 0.717) is 0 Å². The van der Waals surface area contributed by atoms with E-state index in [4.69, 9.17) is 19.3 Å². The highest BCUT2D eigenvalue weighted by molar-refractivity contribution is 7.93. The first kappa shape index (κ1) is 13.5. The largest absolute Gasteiger partial charge is 0.391 e. The van der Waals surface area contributed by atoms with Crippen molar-refractivity contribution in [1.82, 2.24) is 0 Å². The summed E-state index contributed by atoms with van der Waals surface area (Å²) in [6, 6.07) is 0. The molecule has 0 amide bonds. The molecule has 10 heteroatoms. The van der Waals surface area contributed by atoms with Gasteiger partial charge in [0.1, 0.15) is 9.81 Å². The zero-order valence-corrected chi connectivity index (χ0v) is 8.29. The van der Waals surface area contributed by atoms with Gasteiger partial charge < -0.3 is 10.2 Å². The molecule has 4 N–H and O–H groups in total. The highest BCUT2D eigenvalue weighted by atomic mass is 32.2. The summed E-state index contributed by atoms with van der Waals surface area (Å²) in [4.78, 5) is -2.72.